The van der Waals surface area contributed by atoms with Gasteiger partial charge in [-0.1, -0.05) is 31.5 Å². The molecule has 1 aromatic heterocycles. The number of carboxylic acids is 1. The van der Waals surface area contributed by atoms with Crippen molar-refractivity contribution in [2.75, 3.05) is 6.61 Å². The molecule has 1 aromatic carbocycles. The van der Waals surface area contributed by atoms with Gasteiger partial charge in [-0.15, -0.1) is 11.3 Å². The van der Waals surface area contributed by atoms with Gasteiger partial charge < -0.3 is 9.84 Å². The van der Waals surface area contributed by atoms with Gasteiger partial charge in [-0.05, 0) is 18.6 Å². The largest absolute Gasteiger partial charge is 0.493 e. The van der Waals surface area contributed by atoms with Crippen LogP contribution >= 0.6 is 11.3 Å². The summed E-state index contributed by atoms with van der Waals surface area (Å²) in [5.41, 5.74) is 0.930. The molecule has 0 amide bonds. The minimum absolute atomic E-state index is 0.0620. The summed E-state index contributed by atoms with van der Waals surface area (Å²) in [5.74, 6) is 0.0386. The van der Waals surface area contributed by atoms with E-state index in [1.54, 1.807) is 0 Å². The number of thiazole rings is 1. The first-order valence-corrected chi connectivity index (χ1v) is 7.87. The number of aryl methyl sites for hydroxylation is 1. The van der Waals surface area contributed by atoms with Gasteiger partial charge in [0, 0.05) is 11.3 Å². The molecule has 0 spiro atoms. The molecule has 0 aliphatic heterocycles. The van der Waals surface area contributed by atoms with Gasteiger partial charge in [0.2, 0.25) is 0 Å². The van der Waals surface area contributed by atoms with Crippen molar-refractivity contribution in [1.29, 1.82) is 0 Å². The van der Waals surface area contributed by atoms with Crippen LogP contribution in [0.5, 0.6) is 5.75 Å². The first-order chi connectivity index (χ1) is 10.2. The summed E-state index contributed by atoms with van der Waals surface area (Å²) in [6, 6.07) is 9.65. The van der Waals surface area contributed by atoms with E-state index >= 15 is 0 Å². The van der Waals surface area contributed by atoms with E-state index in [1.165, 1.54) is 11.3 Å². The highest BCUT2D eigenvalue weighted by atomic mass is 32.1. The first kappa shape index (κ1) is 15.5. The van der Waals surface area contributed by atoms with E-state index in [4.69, 9.17) is 9.84 Å². The molecule has 0 radical (unpaired) electrons. The Bertz CT molecular complexity index is 580. The normalized spacial score (nSPS) is 10.5. The number of benzene rings is 1. The quantitative estimate of drug-likeness (QED) is 0.812. The van der Waals surface area contributed by atoms with Crippen LogP contribution in [0.1, 0.15) is 28.9 Å². The number of para-hydroxylation sites is 1. The molecule has 2 aromatic rings. The zero-order valence-electron chi connectivity index (χ0n) is 12.0. The Labute approximate surface area is 128 Å². The number of hydrogen-bond donors (Lipinski definition) is 1. The molecule has 0 aliphatic carbocycles. The maximum absolute atomic E-state index is 10.9. The van der Waals surface area contributed by atoms with E-state index in [9.17, 15) is 4.79 Å². The smallest absolute Gasteiger partial charge is 0.308 e. The summed E-state index contributed by atoms with van der Waals surface area (Å²) in [6.07, 6.45) is 2.57. The fraction of sp³-hybridized carbons (Fsp3) is 0.375. The number of nitrogens with zero attached hydrogens (tertiary/aromatic N) is 1. The van der Waals surface area contributed by atoms with Gasteiger partial charge >= 0.3 is 5.97 Å². The maximum atomic E-state index is 10.9. The van der Waals surface area contributed by atoms with Crippen LogP contribution in [0.15, 0.2) is 30.3 Å². The van der Waals surface area contributed by atoms with Gasteiger partial charge in [0.25, 0.3) is 0 Å². The summed E-state index contributed by atoms with van der Waals surface area (Å²) in [7, 11) is 0. The third kappa shape index (κ3) is 4.86. The predicted molar refractivity (Wildman–Crippen MR) is 83.1 cm³/mol. The predicted octanol–water partition coefficient (Wildman–Crippen LogP) is 3.34. The minimum Gasteiger partial charge on any atom is -0.493 e. The average Bonchev–Trinajstić information content (AvgIpc) is 2.82. The van der Waals surface area contributed by atoms with Gasteiger partial charge in [-0.3, -0.25) is 4.79 Å². The number of aliphatic carboxylic acids is 1. The van der Waals surface area contributed by atoms with Crippen LogP contribution in [0.4, 0.5) is 0 Å². The monoisotopic (exact) mass is 305 g/mol. The number of carboxylic acid groups (broad SMARTS) is 1. The third-order valence-corrected chi connectivity index (χ3v) is 4.11. The topological polar surface area (TPSA) is 59.4 Å². The summed E-state index contributed by atoms with van der Waals surface area (Å²) < 4.78 is 5.65. The molecule has 4 nitrogen and oxygen atoms in total. The van der Waals surface area contributed by atoms with Crippen LogP contribution in [0.25, 0.3) is 0 Å². The molecule has 1 heterocycles. The number of hydrogen-bond acceptors (Lipinski definition) is 4. The van der Waals surface area contributed by atoms with E-state index in [0.717, 1.165) is 34.2 Å². The standard InChI is InChI=1S/C16H19NO3S/c1-2-6-13-14(11-16(18)19)21-15(17-13)9-10-20-12-7-4-3-5-8-12/h3-5,7-8H,2,6,9-11H2,1H3,(H,18,19). The Morgan fingerprint density at radius 2 is 2.05 bits per heavy atom. The summed E-state index contributed by atoms with van der Waals surface area (Å²) in [4.78, 5) is 16.3. The second-order valence-corrected chi connectivity index (χ2v) is 5.88. The Morgan fingerprint density at radius 1 is 1.29 bits per heavy atom. The Hall–Kier alpha value is -1.88. The zero-order chi connectivity index (χ0) is 15.1. The summed E-state index contributed by atoms with van der Waals surface area (Å²) in [6.45, 7) is 2.62. The van der Waals surface area contributed by atoms with Crippen molar-refractivity contribution in [3.63, 3.8) is 0 Å². The molecule has 0 atom stereocenters. The van der Waals surface area contributed by atoms with Gasteiger partial charge in [-0.2, -0.15) is 0 Å². The van der Waals surface area contributed by atoms with Gasteiger partial charge in [0.1, 0.15) is 5.75 Å². The van der Waals surface area contributed by atoms with Crippen LogP contribution in [0.2, 0.25) is 0 Å². The molecule has 0 bridgehead atoms. The van der Waals surface area contributed by atoms with Crippen LogP contribution in [0.3, 0.4) is 0 Å². The molecule has 0 saturated carbocycles. The van der Waals surface area contributed by atoms with Crippen molar-refractivity contribution in [1.82, 2.24) is 4.98 Å². The van der Waals surface area contributed by atoms with Crippen molar-refractivity contribution < 1.29 is 14.6 Å². The number of ether oxygens (including phenoxy) is 1. The lowest BCUT2D eigenvalue weighted by Gasteiger charge is -2.03. The van der Waals surface area contributed by atoms with Crippen LogP contribution in [-0.4, -0.2) is 22.7 Å². The van der Waals surface area contributed by atoms with Gasteiger partial charge in [-0.25, -0.2) is 4.98 Å². The molecule has 2 rings (SSSR count). The molecule has 5 heteroatoms. The lowest BCUT2D eigenvalue weighted by atomic mass is 10.2. The highest BCUT2D eigenvalue weighted by Crippen LogP contribution is 2.21. The molecule has 0 fully saturated rings. The molecule has 1 N–H and O–H groups in total. The molecule has 112 valence electrons. The molecule has 21 heavy (non-hydrogen) atoms. The second-order valence-electron chi connectivity index (χ2n) is 4.71. The van der Waals surface area contributed by atoms with Crippen LogP contribution in [0, 0.1) is 0 Å². The van der Waals surface area contributed by atoms with E-state index < -0.39 is 5.97 Å². The molecule has 0 saturated heterocycles. The lowest BCUT2D eigenvalue weighted by molar-refractivity contribution is -0.136. The number of carbonyl (C=O) groups is 1. The van der Waals surface area contributed by atoms with Gasteiger partial charge in [0.15, 0.2) is 0 Å². The highest BCUT2D eigenvalue weighted by Gasteiger charge is 2.13. The van der Waals surface area contributed by atoms with Crippen molar-refractivity contribution in [2.45, 2.75) is 32.6 Å². The van der Waals surface area contributed by atoms with Crippen molar-refractivity contribution in [3.8, 4) is 5.75 Å². The lowest BCUT2D eigenvalue weighted by Crippen LogP contribution is -2.01. The molecular weight excluding hydrogens is 286 g/mol. The number of aromatic nitrogens is 1. The van der Waals surface area contributed by atoms with Crippen molar-refractivity contribution in [2.24, 2.45) is 0 Å². The van der Waals surface area contributed by atoms with Gasteiger partial charge in [0.05, 0.1) is 23.7 Å². The Morgan fingerprint density at radius 3 is 2.71 bits per heavy atom. The van der Waals surface area contributed by atoms with Crippen LogP contribution < -0.4 is 4.74 Å². The van der Waals surface area contributed by atoms with E-state index in [2.05, 4.69) is 11.9 Å². The third-order valence-electron chi connectivity index (χ3n) is 2.95. The minimum atomic E-state index is -0.803. The van der Waals surface area contributed by atoms with E-state index in [-0.39, 0.29) is 6.42 Å². The van der Waals surface area contributed by atoms with Crippen LogP contribution in [-0.2, 0) is 24.1 Å². The fourth-order valence-corrected chi connectivity index (χ4v) is 3.11. The maximum Gasteiger partial charge on any atom is 0.308 e. The van der Waals surface area contributed by atoms with Crippen molar-refractivity contribution >= 4 is 17.3 Å². The zero-order valence-corrected chi connectivity index (χ0v) is 12.9. The van der Waals surface area contributed by atoms with E-state index in [0.29, 0.717) is 13.0 Å². The molecule has 0 aliphatic rings. The Balaban J connectivity index is 1.94. The fourth-order valence-electron chi connectivity index (χ4n) is 2.02. The molecule has 0 unspecified atom stereocenters. The summed E-state index contributed by atoms with van der Waals surface area (Å²) >= 11 is 1.49. The Kier molecular flexibility index (Phi) is 5.75. The summed E-state index contributed by atoms with van der Waals surface area (Å²) in [5, 5.41) is 9.90. The van der Waals surface area contributed by atoms with E-state index in [1.807, 2.05) is 30.3 Å². The number of rotatable bonds is 8. The second kappa shape index (κ2) is 7.78. The van der Waals surface area contributed by atoms with Crippen molar-refractivity contribution in [3.05, 3.63) is 45.9 Å². The average molecular weight is 305 g/mol. The highest BCUT2D eigenvalue weighted by molar-refractivity contribution is 7.11. The first-order valence-electron chi connectivity index (χ1n) is 7.06. The SMILES string of the molecule is CCCc1nc(CCOc2ccccc2)sc1CC(=O)O. The molecular formula is C16H19NO3S.